The van der Waals surface area contributed by atoms with Crippen LogP contribution in [-0.4, -0.2) is 38.4 Å². The lowest BCUT2D eigenvalue weighted by molar-refractivity contribution is -0.139. The molecule has 0 aromatic heterocycles. The minimum Gasteiger partial charge on any atom is -0.490 e. The molecule has 0 saturated carbocycles. The van der Waals surface area contributed by atoms with Gasteiger partial charge in [-0.05, 0) is 80.6 Å². The highest BCUT2D eigenvalue weighted by Crippen LogP contribution is 2.57. The number of carbonyl (C=O) groups is 2. The Bertz CT molecular complexity index is 1880. The Morgan fingerprint density at radius 3 is 1.84 bits per heavy atom. The molecule has 0 fully saturated rings. The van der Waals surface area contributed by atoms with Gasteiger partial charge in [0.05, 0.1) is 5.41 Å². The van der Waals surface area contributed by atoms with E-state index in [0.29, 0.717) is 11.5 Å². The molecule has 5 aromatic rings. The minimum atomic E-state index is -0.566. The van der Waals surface area contributed by atoms with Gasteiger partial charge in [0.25, 0.3) is 0 Å². The first-order chi connectivity index (χ1) is 22.0. The summed E-state index contributed by atoms with van der Waals surface area (Å²) in [5.41, 5.74) is 6.43. The van der Waals surface area contributed by atoms with E-state index in [-0.39, 0.29) is 26.4 Å². The Labute approximate surface area is 262 Å². The number of carbonyl (C=O) groups excluding carboxylic acids is 2. The van der Waals surface area contributed by atoms with Crippen LogP contribution in [0.25, 0.3) is 21.9 Å². The smallest absolute Gasteiger partial charge is 0.330 e. The van der Waals surface area contributed by atoms with Gasteiger partial charge in [0.15, 0.2) is 0 Å². The molecular weight excluding hydrogens is 564 g/mol. The van der Waals surface area contributed by atoms with Crippen LogP contribution in [-0.2, 0) is 24.5 Å². The van der Waals surface area contributed by atoms with Crippen LogP contribution in [0.15, 0.2) is 135 Å². The Morgan fingerprint density at radius 1 is 0.556 bits per heavy atom. The van der Waals surface area contributed by atoms with Crippen molar-refractivity contribution >= 4 is 22.7 Å². The number of hydrogen-bond donors (Lipinski definition) is 0. The molecule has 0 bridgehead atoms. The van der Waals surface area contributed by atoms with Crippen molar-refractivity contribution in [1.82, 2.24) is 0 Å². The third kappa shape index (κ3) is 5.70. The average Bonchev–Trinajstić information content (AvgIpc) is 3.37. The van der Waals surface area contributed by atoms with Crippen LogP contribution in [0, 0.1) is 0 Å². The van der Waals surface area contributed by atoms with Gasteiger partial charge in [-0.25, -0.2) is 9.59 Å². The maximum absolute atomic E-state index is 11.3. The summed E-state index contributed by atoms with van der Waals surface area (Å²) < 4.78 is 21.8. The predicted molar refractivity (Wildman–Crippen MR) is 175 cm³/mol. The van der Waals surface area contributed by atoms with Crippen LogP contribution in [0.2, 0.25) is 0 Å². The van der Waals surface area contributed by atoms with Gasteiger partial charge in [0.2, 0.25) is 0 Å². The summed E-state index contributed by atoms with van der Waals surface area (Å²) >= 11 is 0. The van der Waals surface area contributed by atoms with Crippen LogP contribution in [0.5, 0.6) is 11.5 Å². The van der Waals surface area contributed by atoms with E-state index in [9.17, 15) is 9.59 Å². The van der Waals surface area contributed by atoms with Gasteiger partial charge in [-0.15, -0.1) is 0 Å². The number of benzene rings is 5. The molecule has 224 valence electrons. The first kappa shape index (κ1) is 29.5. The van der Waals surface area contributed by atoms with Gasteiger partial charge in [-0.1, -0.05) is 86.0 Å². The second kappa shape index (κ2) is 12.9. The number of hydrogen-bond acceptors (Lipinski definition) is 6. The van der Waals surface area contributed by atoms with E-state index in [1.807, 2.05) is 30.3 Å². The largest absolute Gasteiger partial charge is 0.490 e. The average molecular weight is 597 g/mol. The Morgan fingerprint density at radius 2 is 1.16 bits per heavy atom. The lowest BCUT2D eigenvalue weighted by Gasteiger charge is -2.34. The standard InChI is InChI=1S/C39H32O6/c1-3-37(40)44-22-20-42-31-18-15-30(16-19-31)39(29-10-6-5-7-11-29)35-13-9-8-12-33(35)34-25-28-24-32(17-14-27(28)26-36(34)39)43-21-23-45-38(41)4-2/h3-19,24-26H,1-2,20-23H2. The summed E-state index contributed by atoms with van der Waals surface area (Å²) in [5, 5.41) is 2.13. The van der Waals surface area contributed by atoms with E-state index < -0.39 is 17.4 Å². The highest BCUT2D eigenvalue weighted by molar-refractivity contribution is 5.96. The molecule has 0 amide bonds. The Hall–Kier alpha value is -5.62. The number of fused-ring (bicyclic) bond motifs is 4. The van der Waals surface area contributed by atoms with E-state index in [2.05, 4.69) is 92.0 Å². The molecule has 1 aliphatic rings. The molecule has 0 radical (unpaired) electrons. The maximum atomic E-state index is 11.3. The summed E-state index contributed by atoms with van der Waals surface area (Å²) in [5.74, 6) is 0.447. The second-order valence-electron chi connectivity index (χ2n) is 10.5. The fraction of sp³-hybridized carbons (Fsp3) is 0.128. The van der Waals surface area contributed by atoms with Crippen LogP contribution in [0.1, 0.15) is 22.3 Å². The number of rotatable bonds is 12. The first-order valence-corrected chi connectivity index (χ1v) is 14.7. The molecule has 0 spiro atoms. The molecule has 1 aliphatic carbocycles. The van der Waals surface area contributed by atoms with Crippen molar-refractivity contribution in [2.75, 3.05) is 26.4 Å². The van der Waals surface area contributed by atoms with E-state index in [4.69, 9.17) is 18.9 Å². The van der Waals surface area contributed by atoms with Crippen LogP contribution in [0.3, 0.4) is 0 Å². The zero-order valence-corrected chi connectivity index (χ0v) is 24.7. The van der Waals surface area contributed by atoms with Gasteiger partial charge in [0.1, 0.15) is 37.9 Å². The van der Waals surface area contributed by atoms with Gasteiger partial charge < -0.3 is 18.9 Å². The molecule has 0 N–H and O–H groups in total. The lowest BCUT2D eigenvalue weighted by atomic mass is 9.67. The second-order valence-corrected chi connectivity index (χ2v) is 10.5. The summed E-state index contributed by atoms with van der Waals surface area (Å²) in [6.07, 6.45) is 2.27. The Balaban J connectivity index is 1.40. The zero-order valence-electron chi connectivity index (χ0n) is 24.7. The lowest BCUT2D eigenvalue weighted by Crippen LogP contribution is -2.28. The third-order valence-electron chi connectivity index (χ3n) is 7.99. The maximum Gasteiger partial charge on any atom is 0.330 e. The molecule has 45 heavy (non-hydrogen) atoms. The van der Waals surface area contributed by atoms with Crippen molar-refractivity contribution in [2.24, 2.45) is 0 Å². The molecule has 0 aliphatic heterocycles. The van der Waals surface area contributed by atoms with E-state index in [1.54, 1.807) is 0 Å². The predicted octanol–water partition coefficient (Wildman–Crippen LogP) is 7.42. The van der Waals surface area contributed by atoms with Crippen molar-refractivity contribution in [1.29, 1.82) is 0 Å². The van der Waals surface area contributed by atoms with Crippen molar-refractivity contribution in [2.45, 2.75) is 5.41 Å². The molecule has 6 nitrogen and oxygen atoms in total. The van der Waals surface area contributed by atoms with Crippen LogP contribution < -0.4 is 9.47 Å². The zero-order chi connectivity index (χ0) is 31.2. The van der Waals surface area contributed by atoms with Crippen LogP contribution in [0.4, 0.5) is 0 Å². The Kier molecular flexibility index (Phi) is 8.47. The topological polar surface area (TPSA) is 71.1 Å². The van der Waals surface area contributed by atoms with E-state index in [0.717, 1.165) is 39.6 Å². The van der Waals surface area contributed by atoms with Gasteiger partial charge in [-0.3, -0.25) is 0 Å². The fourth-order valence-electron chi connectivity index (χ4n) is 6.09. The molecule has 1 unspecified atom stereocenters. The fourth-order valence-corrected chi connectivity index (χ4v) is 6.09. The number of ether oxygens (including phenoxy) is 4. The van der Waals surface area contributed by atoms with Gasteiger partial charge in [0, 0.05) is 12.2 Å². The van der Waals surface area contributed by atoms with Gasteiger partial charge in [-0.2, -0.15) is 0 Å². The molecule has 0 heterocycles. The first-order valence-electron chi connectivity index (χ1n) is 14.7. The van der Waals surface area contributed by atoms with E-state index >= 15 is 0 Å². The summed E-state index contributed by atoms with van der Waals surface area (Å²) in [7, 11) is 0. The summed E-state index contributed by atoms with van der Waals surface area (Å²) in [6, 6.07) is 37.8. The van der Waals surface area contributed by atoms with Crippen molar-refractivity contribution in [3.05, 3.63) is 157 Å². The molecule has 1 atom stereocenters. The summed E-state index contributed by atoms with van der Waals surface area (Å²) in [4.78, 5) is 22.7. The number of esters is 2. The van der Waals surface area contributed by atoms with Crippen molar-refractivity contribution in [3.8, 4) is 22.6 Å². The summed E-state index contributed by atoms with van der Waals surface area (Å²) in [6.45, 7) is 7.60. The van der Waals surface area contributed by atoms with Gasteiger partial charge >= 0.3 is 11.9 Å². The van der Waals surface area contributed by atoms with Crippen molar-refractivity contribution in [3.63, 3.8) is 0 Å². The quantitative estimate of drug-likeness (QED) is 0.0832. The minimum absolute atomic E-state index is 0.143. The molecule has 6 heteroatoms. The van der Waals surface area contributed by atoms with E-state index in [1.165, 1.54) is 16.7 Å². The molecular formula is C39H32O6. The monoisotopic (exact) mass is 596 g/mol. The molecule has 5 aromatic carbocycles. The van der Waals surface area contributed by atoms with Crippen molar-refractivity contribution < 1.29 is 28.5 Å². The van der Waals surface area contributed by atoms with Crippen LogP contribution >= 0.6 is 0 Å². The normalized spacial score (nSPS) is 14.6. The SMILES string of the molecule is C=CC(=O)OCCOc1ccc(C2(c3ccccc3)c3ccccc3-c3cc4cc(OCCOC(=O)C=C)ccc4cc32)cc1. The third-order valence-corrected chi connectivity index (χ3v) is 7.99. The highest BCUT2D eigenvalue weighted by atomic mass is 16.6. The molecule has 6 rings (SSSR count). The molecule has 0 saturated heterocycles. The highest BCUT2D eigenvalue weighted by Gasteiger charge is 2.46.